The maximum atomic E-state index is 12.4. The van der Waals surface area contributed by atoms with E-state index in [1.807, 2.05) is 6.07 Å². The molecule has 126 valence electrons. The molecule has 0 aliphatic heterocycles. The van der Waals surface area contributed by atoms with Gasteiger partial charge in [0.05, 0.1) is 28.1 Å². The molecule has 0 atom stereocenters. The molecule has 0 aliphatic rings. The normalized spacial score (nSPS) is 11.0. The van der Waals surface area contributed by atoms with E-state index in [0.29, 0.717) is 21.3 Å². The Morgan fingerprint density at radius 2 is 1.68 bits per heavy atom. The van der Waals surface area contributed by atoms with Crippen molar-refractivity contribution in [3.63, 3.8) is 0 Å². The monoisotopic (exact) mass is 392 g/mol. The zero-order valence-electron chi connectivity index (χ0n) is 12.7. The number of para-hydroxylation sites is 1. The van der Waals surface area contributed by atoms with Crippen molar-refractivity contribution >= 4 is 46.7 Å². The molecule has 0 radical (unpaired) electrons. The summed E-state index contributed by atoms with van der Waals surface area (Å²) in [5, 5.41) is 9.02. The predicted octanol–water partition coefficient (Wildman–Crippen LogP) is 4.64. The van der Waals surface area contributed by atoms with Gasteiger partial charge in [-0.25, -0.2) is 0 Å². The third kappa shape index (κ3) is 3.85. The van der Waals surface area contributed by atoms with Crippen LogP contribution in [0.3, 0.4) is 0 Å². The Hall–Kier alpha value is -2.34. The van der Waals surface area contributed by atoms with Gasteiger partial charge in [-0.2, -0.15) is 14.9 Å². The fourth-order valence-electron chi connectivity index (χ4n) is 2.06. The topological polar surface area (TPSA) is 59.3 Å². The van der Waals surface area contributed by atoms with Crippen molar-refractivity contribution in [1.29, 1.82) is 0 Å². The second-order valence-electron chi connectivity index (χ2n) is 4.93. The van der Waals surface area contributed by atoms with Crippen molar-refractivity contribution in [3.8, 4) is 5.69 Å². The van der Waals surface area contributed by atoms with Crippen LogP contribution >= 0.6 is 34.8 Å². The van der Waals surface area contributed by atoms with Crippen molar-refractivity contribution in [1.82, 2.24) is 9.78 Å². The molecule has 1 aromatic heterocycles. The lowest BCUT2D eigenvalue weighted by Gasteiger charge is -2.07. The van der Waals surface area contributed by atoms with Gasteiger partial charge in [0.25, 0.3) is 5.56 Å². The van der Waals surface area contributed by atoms with Crippen LogP contribution in [0.25, 0.3) is 5.69 Å². The van der Waals surface area contributed by atoms with E-state index in [2.05, 4.69) is 15.6 Å². The third-order valence-corrected chi connectivity index (χ3v) is 4.32. The van der Waals surface area contributed by atoms with Crippen molar-refractivity contribution in [2.24, 2.45) is 5.10 Å². The second kappa shape index (κ2) is 7.70. The quantitative estimate of drug-likeness (QED) is 0.519. The van der Waals surface area contributed by atoms with E-state index in [1.54, 1.807) is 42.5 Å². The van der Waals surface area contributed by atoms with Gasteiger partial charge in [0, 0.05) is 5.56 Å². The average molecular weight is 394 g/mol. The van der Waals surface area contributed by atoms with Crippen LogP contribution in [0.15, 0.2) is 64.6 Å². The highest BCUT2D eigenvalue weighted by molar-refractivity contribution is 6.38. The largest absolute Gasteiger partial charge is 0.292 e. The molecule has 1 heterocycles. The van der Waals surface area contributed by atoms with Gasteiger partial charge in [-0.15, -0.1) is 0 Å². The molecule has 0 spiro atoms. The average Bonchev–Trinajstić information content (AvgIpc) is 2.62. The number of aromatic nitrogens is 2. The van der Waals surface area contributed by atoms with Crippen LogP contribution < -0.4 is 11.0 Å². The van der Waals surface area contributed by atoms with E-state index in [-0.39, 0.29) is 10.7 Å². The molecule has 0 aliphatic carbocycles. The van der Waals surface area contributed by atoms with E-state index < -0.39 is 5.56 Å². The molecule has 3 aromatic rings. The first kappa shape index (κ1) is 17.5. The maximum absolute atomic E-state index is 12.4. The molecule has 5 nitrogen and oxygen atoms in total. The van der Waals surface area contributed by atoms with Crippen LogP contribution in [0.4, 0.5) is 5.69 Å². The highest BCUT2D eigenvalue weighted by Crippen LogP contribution is 2.22. The molecule has 0 fully saturated rings. The third-order valence-electron chi connectivity index (χ3n) is 3.30. The summed E-state index contributed by atoms with van der Waals surface area (Å²) in [6.45, 7) is 0. The molecular weight excluding hydrogens is 383 g/mol. The summed E-state index contributed by atoms with van der Waals surface area (Å²) in [6, 6.07) is 14.1. The molecule has 0 unspecified atom stereocenters. The van der Waals surface area contributed by atoms with Gasteiger partial charge in [-0.1, -0.05) is 59.1 Å². The fraction of sp³-hybridized carbons (Fsp3) is 0. The Labute approximate surface area is 158 Å². The highest BCUT2D eigenvalue weighted by atomic mass is 35.5. The van der Waals surface area contributed by atoms with Gasteiger partial charge in [-0.3, -0.25) is 10.2 Å². The van der Waals surface area contributed by atoms with Gasteiger partial charge < -0.3 is 0 Å². The lowest BCUT2D eigenvalue weighted by atomic mass is 10.2. The summed E-state index contributed by atoms with van der Waals surface area (Å²) in [7, 11) is 0. The minimum atomic E-state index is -0.455. The van der Waals surface area contributed by atoms with Crippen LogP contribution in [0.1, 0.15) is 5.56 Å². The summed E-state index contributed by atoms with van der Waals surface area (Å²) in [6.07, 6.45) is 2.87. The molecular formula is C17H11Cl3N4O. The molecule has 3 rings (SSSR count). The maximum Gasteiger partial charge on any atom is 0.292 e. The number of hydrogen-bond acceptors (Lipinski definition) is 4. The van der Waals surface area contributed by atoms with Crippen molar-refractivity contribution in [2.75, 3.05) is 5.43 Å². The number of hydrogen-bond donors (Lipinski definition) is 1. The van der Waals surface area contributed by atoms with Gasteiger partial charge in [0.15, 0.2) is 0 Å². The predicted molar refractivity (Wildman–Crippen MR) is 103 cm³/mol. The minimum Gasteiger partial charge on any atom is -0.275 e. The molecule has 0 saturated heterocycles. The number of benzene rings is 2. The number of hydrazone groups is 1. The Morgan fingerprint density at radius 3 is 2.36 bits per heavy atom. The Balaban J connectivity index is 1.86. The molecule has 0 amide bonds. The molecule has 0 saturated carbocycles. The smallest absolute Gasteiger partial charge is 0.275 e. The van der Waals surface area contributed by atoms with Crippen LogP contribution in [0, 0.1) is 0 Å². The summed E-state index contributed by atoms with van der Waals surface area (Å²) in [4.78, 5) is 12.4. The Bertz CT molecular complexity index is 967. The van der Waals surface area contributed by atoms with Crippen LogP contribution in [0.5, 0.6) is 0 Å². The first-order valence-corrected chi connectivity index (χ1v) is 8.27. The highest BCUT2D eigenvalue weighted by Gasteiger charge is 2.10. The standard InChI is InChI=1S/C17H11Cl3N4O/c18-13-7-4-8-14(19)12(13)9-21-23-15-10-22-24(17(25)16(15)20)11-5-2-1-3-6-11/h1-10,23H/b21-9-. The SMILES string of the molecule is O=c1c(Cl)c(N/N=C\c2c(Cl)cccc2Cl)cnn1-c1ccccc1. The van der Waals surface area contributed by atoms with Crippen LogP contribution in [-0.2, 0) is 0 Å². The number of rotatable bonds is 4. The molecule has 25 heavy (non-hydrogen) atoms. The van der Waals surface area contributed by atoms with Crippen molar-refractivity contribution in [3.05, 3.63) is 85.7 Å². The van der Waals surface area contributed by atoms with Gasteiger partial charge in [0.1, 0.15) is 10.7 Å². The summed E-state index contributed by atoms with van der Waals surface area (Å²) in [5.74, 6) is 0. The number of halogens is 3. The lowest BCUT2D eigenvalue weighted by Crippen LogP contribution is -2.22. The van der Waals surface area contributed by atoms with E-state index in [9.17, 15) is 4.79 Å². The van der Waals surface area contributed by atoms with Crippen LogP contribution in [0.2, 0.25) is 15.1 Å². The second-order valence-corrected chi connectivity index (χ2v) is 6.12. The number of nitrogens with zero attached hydrogens (tertiary/aromatic N) is 3. The number of anilines is 1. The summed E-state index contributed by atoms with van der Waals surface area (Å²) < 4.78 is 1.21. The van der Waals surface area contributed by atoms with E-state index in [4.69, 9.17) is 34.8 Å². The van der Waals surface area contributed by atoms with Crippen LogP contribution in [-0.4, -0.2) is 16.0 Å². The Kier molecular flexibility index (Phi) is 5.38. The number of nitrogens with one attached hydrogen (secondary N) is 1. The molecule has 1 N–H and O–H groups in total. The minimum absolute atomic E-state index is 0.0266. The first-order chi connectivity index (χ1) is 12.1. The van der Waals surface area contributed by atoms with E-state index >= 15 is 0 Å². The lowest BCUT2D eigenvalue weighted by molar-refractivity contribution is 0.808. The fourth-order valence-corrected chi connectivity index (χ4v) is 2.73. The summed E-state index contributed by atoms with van der Waals surface area (Å²) >= 11 is 18.3. The Morgan fingerprint density at radius 1 is 1.00 bits per heavy atom. The van der Waals surface area contributed by atoms with E-state index in [1.165, 1.54) is 17.1 Å². The molecule has 8 heteroatoms. The molecule has 0 bridgehead atoms. The van der Waals surface area contributed by atoms with Crippen molar-refractivity contribution < 1.29 is 0 Å². The van der Waals surface area contributed by atoms with Gasteiger partial charge in [0.2, 0.25) is 0 Å². The first-order valence-electron chi connectivity index (χ1n) is 7.14. The zero-order chi connectivity index (χ0) is 17.8. The molecule has 2 aromatic carbocycles. The summed E-state index contributed by atoms with van der Waals surface area (Å²) in [5.41, 5.74) is 3.67. The van der Waals surface area contributed by atoms with Gasteiger partial charge >= 0.3 is 0 Å². The van der Waals surface area contributed by atoms with Gasteiger partial charge in [-0.05, 0) is 24.3 Å². The van der Waals surface area contributed by atoms with Crippen molar-refractivity contribution in [2.45, 2.75) is 0 Å². The van der Waals surface area contributed by atoms with E-state index in [0.717, 1.165) is 0 Å². The zero-order valence-corrected chi connectivity index (χ0v) is 14.9.